The first kappa shape index (κ1) is 18.3. The maximum Gasteiger partial charge on any atom is 0.256 e. The van der Waals surface area contributed by atoms with E-state index in [4.69, 9.17) is 11.6 Å². The largest absolute Gasteiger partial charge is 0.312 e. The van der Waals surface area contributed by atoms with Crippen LogP contribution < -0.4 is 5.32 Å². The number of hydrogen-bond donors (Lipinski definition) is 1. The number of thiazole rings is 1. The summed E-state index contributed by atoms with van der Waals surface area (Å²) in [5, 5.41) is 4.75. The summed E-state index contributed by atoms with van der Waals surface area (Å²) < 4.78 is 13.3. The standard InChI is InChI=1S/C21H13ClFN3OS/c22-16-7-3-14(4-8-16)19(27)26-21-18(13-5-9-17(23)10-6-13)25-20(28-21)15-2-1-11-24-12-15/h1-12H,(H,26,27). The average molecular weight is 410 g/mol. The van der Waals surface area contributed by atoms with Crippen molar-refractivity contribution in [1.29, 1.82) is 0 Å². The maximum atomic E-state index is 13.3. The number of rotatable bonds is 4. The van der Waals surface area contributed by atoms with Gasteiger partial charge in [-0.1, -0.05) is 22.9 Å². The van der Waals surface area contributed by atoms with Crippen LogP contribution in [0.15, 0.2) is 73.1 Å². The van der Waals surface area contributed by atoms with Crippen LogP contribution in [0, 0.1) is 5.82 Å². The predicted molar refractivity (Wildman–Crippen MR) is 110 cm³/mol. The molecule has 0 aliphatic carbocycles. The SMILES string of the molecule is O=C(Nc1sc(-c2cccnc2)nc1-c1ccc(F)cc1)c1ccc(Cl)cc1. The number of amides is 1. The van der Waals surface area contributed by atoms with Crippen molar-refractivity contribution in [2.24, 2.45) is 0 Å². The molecule has 1 amide bonds. The van der Waals surface area contributed by atoms with Crippen molar-refractivity contribution in [1.82, 2.24) is 9.97 Å². The Bertz CT molecular complexity index is 1110. The molecular formula is C21H13ClFN3OS. The Balaban J connectivity index is 1.73. The molecule has 7 heteroatoms. The number of anilines is 1. The molecule has 0 unspecified atom stereocenters. The Morgan fingerprint density at radius 1 is 1.00 bits per heavy atom. The van der Waals surface area contributed by atoms with Gasteiger partial charge in [-0.05, 0) is 60.7 Å². The van der Waals surface area contributed by atoms with E-state index in [1.165, 1.54) is 23.5 Å². The van der Waals surface area contributed by atoms with E-state index in [1.807, 2.05) is 12.1 Å². The molecule has 2 aromatic carbocycles. The van der Waals surface area contributed by atoms with Gasteiger partial charge in [0, 0.05) is 34.1 Å². The fraction of sp³-hybridized carbons (Fsp3) is 0. The van der Waals surface area contributed by atoms with Gasteiger partial charge in [-0.3, -0.25) is 9.78 Å². The molecule has 2 heterocycles. The Morgan fingerprint density at radius 2 is 1.75 bits per heavy atom. The highest BCUT2D eigenvalue weighted by Gasteiger charge is 2.17. The van der Waals surface area contributed by atoms with E-state index >= 15 is 0 Å². The van der Waals surface area contributed by atoms with E-state index < -0.39 is 0 Å². The van der Waals surface area contributed by atoms with Crippen molar-refractivity contribution < 1.29 is 9.18 Å². The molecule has 4 nitrogen and oxygen atoms in total. The minimum Gasteiger partial charge on any atom is -0.312 e. The third-order valence-corrected chi connectivity index (χ3v) is 5.26. The second kappa shape index (κ2) is 7.88. The molecule has 138 valence electrons. The molecule has 0 aliphatic rings. The number of pyridine rings is 1. The van der Waals surface area contributed by atoms with Crippen LogP contribution in [0.3, 0.4) is 0 Å². The van der Waals surface area contributed by atoms with Crippen LogP contribution in [0.25, 0.3) is 21.8 Å². The summed E-state index contributed by atoms with van der Waals surface area (Å²) in [5.41, 5.74) is 2.60. The Labute approximate surface area is 169 Å². The van der Waals surface area contributed by atoms with Gasteiger partial charge < -0.3 is 5.32 Å². The lowest BCUT2D eigenvalue weighted by molar-refractivity contribution is 0.102. The van der Waals surface area contributed by atoms with Crippen molar-refractivity contribution in [3.05, 3.63) is 89.5 Å². The molecule has 0 spiro atoms. The van der Waals surface area contributed by atoms with Crippen molar-refractivity contribution in [2.75, 3.05) is 5.32 Å². The number of benzene rings is 2. The van der Waals surface area contributed by atoms with Gasteiger partial charge in [0.05, 0.1) is 0 Å². The van der Waals surface area contributed by atoms with Crippen molar-refractivity contribution in [2.45, 2.75) is 0 Å². The number of aromatic nitrogens is 2. The summed E-state index contributed by atoms with van der Waals surface area (Å²) in [6, 6.07) is 16.3. The average Bonchev–Trinajstić information content (AvgIpc) is 3.13. The smallest absolute Gasteiger partial charge is 0.256 e. The summed E-state index contributed by atoms with van der Waals surface area (Å²) in [6.07, 6.45) is 3.39. The fourth-order valence-corrected chi connectivity index (χ4v) is 3.70. The van der Waals surface area contributed by atoms with E-state index in [-0.39, 0.29) is 11.7 Å². The Kier molecular flexibility index (Phi) is 5.14. The summed E-state index contributed by atoms with van der Waals surface area (Å²) in [6.45, 7) is 0. The van der Waals surface area contributed by atoms with Crippen LogP contribution in [-0.4, -0.2) is 15.9 Å². The summed E-state index contributed by atoms with van der Waals surface area (Å²) in [5.74, 6) is -0.611. The van der Waals surface area contributed by atoms with Crippen LogP contribution in [0.5, 0.6) is 0 Å². The van der Waals surface area contributed by atoms with E-state index in [1.54, 1.807) is 48.8 Å². The molecule has 0 radical (unpaired) electrons. The topological polar surface area (TPSA) is 54.9 Å². The van der Waals surface area contributed by atoms with Gasteiger partial charge in [-0.15, -0.1) is 0 Å². The molecule has 0 saturated carbocycles. The minimum atomic E-state index is -0.335. The normalized spacial score (nSPS) is 10.6. The number of halogens is 2. The van der Waals surface area contributed by atoms with Gasteiger partial charge in [-0.25, -0.2) is 9.37 Å². The van der Waals surface area contributed by atoms with E-state index in [0.717, 1.165) is 5.56 Å². The molecule has 0 aliphatic heterocycles. The van der Waals surface area contributed by atoms with Crippen LogP contribution in [0.1, 0.15) is 10.4 Å². The van der Waals surface area contributed by atoms with Crippen molar-refractivity contribution in [3.63, 3.8) is 0 Å². The molecule has 4 aromatic rings. The van der Waals surface area contributed by atoms with Crippen LogP contribution in [-0.2, 0) is 0 Å². The third kappa shape index (κ3) is 3.93. The second-order valence-corrected chi connectivity index (χ2v) is 7.34. The van der Waals surface area contributed by atoms with E-state index in [9.17, 15) is 9.18 Å². The van der Waals surface area contributed by atoms with E-state index in [2.05, 4.69) is 15.3 Å². The third-order valence-electron chi connectivity index (χ3n) is 3.99. The van der Waals surface area contributed by atoms with Gasteiger partial charge in [0.2, 0.25) is 0 Å². The Hall–Kier alpha value is -3.09. The molecule has 2 aromatic heterocycles. The predicted octanol–water partition coefficient (Wildman–Crippen LogP) is 5.92. The van der Waals surface area contributed by atoms with E-state index in [0.29, 0.717) is 31.9 Å². The lowest BCUT2D eigenvalue weighted by atomic mass is 10.1. The number of nitrogens with one attached hydrogen (secondary N) is 1. The molecule has 0 saturated heterocycles. The number of hydrogen-bond acceptors (Lipinski definition) is 4. The minimum absolute atomic E-state index is 0.276. The Morgan fingerprint density at radius 3 is 2.43 bits per heavy atom. The fourth-order valence-electron chi connectivity index (χ4n) is 2.60. The highest BCUT2D eigenvalue weighted by Crippen LogP contribution is 2.38. The molecule has 0 bridgehead atoms. The molecule has 0 fully saturated rings. The number of carbonyl (C=O) groups excluding carboxylic acids is 1. The molecule has 4 rings (SSSR count). The summed E-state index contributed by atoms with van der Waals surface area (Å²) >= 11 is 7.22. The van der Waals surface area contributed by atoms with Crippen LogP contribution in [0.4, 0.5) is 9.39 Å². The maximum absolute atomic E-state index is 13.3. The zero-order valence-electron chi connectivity index (χ0n) is 14.4. The zero-order chi connectivity index (χ0) is 19.5. The van der Waals surface area contributed by atoms with Crippen LogP contribution >= 0.6 is 22.9 Å². The van der Waals surface area contributed by atoms with Crippen molar-refractivity contribution >= 4 is 33.8 Å². The first-order valence-electron chi connectivity index (χ1n) is 8.34. The first-order valence-corrected chi connectivity index (χ1v) is 9.54. The number of nitrogens with zero attached hydrogens (tertiary/aromatic N) is 2. The van der Waals surface area contributed by atoms with Crippen LogP contribution in [0.2, 0.25) is 5.02 Å². The van der Waals surface area contributed by atoms with Gasteiger partial charge in [0.25, 0.3) is 5.91 Å². The highest BCUT2D eigenvalue weighted by atomic mass is 35.5. The first-order chi connectivity index (χ1) is 13.6. The monoisotopic (exact) mass is 409 g/mol. The molecule has 1 N–H and O–H groups in total. The molecule has 28 heavy (non-hydrogen) atoms. The number of carbonyl (C=O) groups is 1. The lowest BCUT2D eigenvalue weighted by Crippen LogP contribution is -2.11. The van der Waals surface area contributed by atoms with Crippen molar-refractivity contribution in [3.8, 4) is 21.8 Å². The quantitative estimate of drug-likeness (QED) is 0.455. The highest BCUT2D eigenvalue weighted by molar-refractivity contribution is 7.19. The summed E-state index contributed by atoms with van der Waals surface area (Å²) in [7, 11) is 0. The van der Waals surface area contributed by atoms with Gasteiger partial charge in [0.15, 0.2) is 0 Å². The second-order valence-electron chi connectivity index (χ2n) is 5.91. The molecule has 0 atom stereocenters. The lowest BCUT2D eigenvalue weighted by Gasteiger charge is -2.05. The van der Waals surface area contributed by atoms with Gasteiger partial charge in [0.1, 0.15) is 21.5 Å². The zero-order valence-corrected chi connectivity index (χ0v) is 16.0. The van der Waals surface area contributed by atoms with Gasteiger partial charge >= 0.3 is 0 Å². The summed E-state index contributed by atoms with van der Waals surface area (Å²) in [4.78, 5) is 21.4. The molecular weight excluding hydrogens is 397 g/mol. The van der Waals surface area contributed by atoms with Gasteiger partial charge in [-0.2, -0.15) is 0 Å².